The number of nitrogen functional groups attached to an aromatic ring is 1. The van der Waals surface area contributed by atoms with E-state index in [2.05, 4.69) is 25.3 Å². The van der Waals surface area contributed by atoms with Gasteiger partial charge >= 0.3 is 0 Å². The van der Waals surface area contributed by atoms with Crippen LogP contribution in [0.2, 0.25) is 5.02 Å². The van der Waals surface area contributed by atoms with E-state index in [1.54, 1.807) is 23.1 Å². The van der Waals surface area contributed by atoms with Crippen LogP contribution in [0.25, 0.3) is 21.9 Å². The predicted octanol–water partition coefficient (Wildman–Crippen LogP) is 2.14. The smallest absolute Gasteiger partial charge is 0.277 e. The molecule has 1 amide bonds. The van der Waals surface area contributed by atoms with E-state index in [0.29, 0.717) is 40.5 Å². The molecule has 2 aromatic carbocycles. The van der Waals surface area contributed by atoms with E-state index in [4.69, 9.17) is 17.3 Å². The topological polar surface area (TPSA) is 150 Å². The number of aromatic amines is 1. The molecule has 4 aromatic rings. The lowest BCUT2D eigenvalue weighted by atomic mass is 10.1. The molecular weight excluding hydrogens is 516 g/mol. The maximum absolute atomic E-state index is 13.5. The number of anilines is 1. The summed E-state index contributed by atoms with van der Waals surface area (Å²) in [6.45, 7) is 4.55. The number of imidazole rings is 1. The Balaban J connectivity index is 1.42. The molecule has 11 nitrogen and oxygen atoms in total. The quantitative estimate of drug-likeness (QED) is 0.321. The van der Waals surface area contributed by atoms with Crippen molar-refractivity contribution in [2.45, 2.75) is 37.6 Å². The summed E-state index contributed by atoms with van der Waals surface area (Å²) in [5.41, 5.74) is 8.47. The molecular formula is C24H27ClN8O3S. The van der Waals surface area contributed by atoms with Crippen LogP contribution in [-0.4, -0.2) is 75.2 Å². The van der Waals surface area contributed by atoms with E-state index in [1.165, 1.54) is 10.6 Å². The van der Waals surface area contributed by atoms with Crippen molar-refractivity contribution in [2.75, 3.05) is 25.4 Å². The monoisotopic (exact) mass is 542 g/mol. The molecule has 1 atom stereocenters. The van der Waals surface area contributed by atoms with Gasteiger partial charge in [0.1, 0.15) is 12.1 Å². The highest BCUT2D eigenvalue weighted by Gasteiger charge is 2.39. The third-order valence-electron chi connectivity index (χ3n) is 6.34. The Morgan fingerprint density at radius 1 is 1.19 bits per heavy atom. The lowest BCUT2D eigenvalue weighted by molar-refractivity contribution is -0.138. The molecule has 0 unspecified atom stereocenters. The fourth-order valence-corrected chi connectivity index (χ4v) is 5.93. The Labute approximate surface area is 219 Å². The van der Waals surface area contributed by atoms with Crippen molar-refractivity contribution in [3.05, 3.63) is 53.3 Å². The SMILES string of the molecule is CC(C)NC[C@H]1CN(S(=O)(=O)c2nc3ccc(Cl)cc3[nH]2)CC(=O)N1Cc1ccc2c(N)ncnc2c1. The average molecular weight is 543 g/mol. The second-order valence-corrected chi connectivity index (χ2v) is 11.6. The molecule has 13 heteroatoms. The summed E-state index contributed by atoms with van der Waals surface area (Å²) in [4.78, 5) is 30.5. The molecule has 37 heavy (non-hydrogen) atoms. The number of carbonyl (C=O) groups excluding carboxylic acids is 1. The highest BCUT2D eigenvalue weighted by atomic mass is 35.5. The zero-order valence-corrected chi connectivity index (χ0v) is 21.9. The number of rotatable bonds is 7. The van der Waals surface area contributed by atoms with Crippen molar-refractivity contribution < 1.29 is 13.2 Å². The number of hydrogen-bond donors (Lipinski definition) is 3. The molecule has 0 spiro atoms. The van der Waals surface area contributed by atoms with Gasteiger partial charge in [-0.2, -0.15) is 4.31 Å². The second-order valence-electron chi connectivity index (χ2n) is 9.35. The molecule has 1 fully saturated rings. The number of fused-ring (bicyclic) bond motifs is 2. The fourth-order valence-electron chi connectivity index (χ4n) is 4.41. The number of benzene rings is 2. The van der Waals surface area contributed by atoms with Crippen LogP contribution in [0.1, 0.15) is 19.4 Å². The van der Waals surface area contributed by atoms with Crippen molar-refractivity contribution in [1.29, 1.82) is 0 Å². The zero-order chi connectivity index (χ0) is 26.3. The Bertz CT molecular complexity index is 1590. The van der Waals surface area contributed by atoms with Gasteiger partial charge in [0.05, 0.1) is 29.1 Å². The number of nitrogens with one attached hydrogen (secondary N) is 2. The fraction of sp³-hybridized carbons (Fsp3) is 0.333. The van der Waals surface area contributed by atoms with Gasteiger partial charge < -0.3 is 20.9 Å². The van der Waals surface area contributed by atoms with Crippen molar-refractivity contribution in [1.82, 2.24) is 34.5 Å². The molecule has 0 saturated carbocycles. The highest BCUT2D eigenvalue weighted by Crippen LogP contribution is 2.25. The molecule has 1 aliphatic heterocycles. The first kappa shape index (κ1) is 25.3. The van der Waals surface area contributed by atoms with Gasteiger partial charge in [-0.3, -0.25) is 4.79 Å². The molecule has 194 valence electrons. The van der Waals surface area contributed by atoms with Crippen molar-refractivity contribution in [2.24, 2.45) is 0 Å². The summed E-state index contributed by atoms with van der Waals surface area (Å²) >= 11 is 6.03. The standard InChI is InChI=1S/C24H27ClN8O3S/c1-14(2)27-9-17-11-32(37(35,36)24-30-19-6-4-16(25)8-21(19)31-24)12-22(34)33(17)10-15-3-5-18-20(7-15)28-13-29-23(18)26/h3-8,13-14,17,27H,9-12H2,1-2H3,(H,30,31)(H2,26,28,29)/t17-/m0/s1. The van der Waals surface area contributed by atoms with Crippen molar-refractivity contribution >= 4 is 55.3 Å². The number of nitrogens with two attached hydrogens (primary N) is 1. The van der Waals surface area contributed by atoms with Crippen LogP contribution in [0.5, 0.6) is 0 Å². The second kappa shape index (κ2) is 9.86. The molecule has 4 N–H and O–H groups in total. The summed E-state index contributed by atoms with van der Waals surface area (Å²) in [5, 5.41) is 4.32. The van der Waals surface area contributed by atoms with Crippen LogP contribution in [0, 0.1) is 0 Å². The number of halogens is 1. The highest BCUT2D eigenvalue weighted by molar-refractivity contribution is 7.89. The van der Waals surface area contributed by atoms with Gasteiger partial charge in [0.15, 0.2) is 0 Å². The lowest BCUT2D eigenvalue weighted by Crippen LogP contribution is -2.60. The van der Waals surface area contributed by atoms with Crippen LogP contribution in [0.15, 0.2) is 47.9 Å². The van der Waals surface area contributed by atoms with E-state index in [9.17, 15) is 13.2 Å². The van der Waals surface area contributed by atoms with E-state index >= 15 is 0 Å². The number of H-pyrrole nitrogens is 1. The van der Waals surface area contributed by atoms with Gasteiger partial charge in [0.2, 0.25) is 11.1 Å². The lowest BCUT2D eigenvalue weighted by Gasteiger charge is -2.40. The van der Waals surface area contributed by atoms with Gasteiger partial charge in [0.25, 0.3) is 10.0 Å². The predicted molar refractivity (Wildman–Crippen MR) is 141 cm³/mol. The number of piperazine rings is 1. The van der Waals surface area contributed by atoms with Crippen molar-refractivity contribution in [3.8, 4) is 0 Å². The van der Waals surface area contributed by atoms with E-state index in [0.717, 1.165) is 10.9 Å². The van der Waals surface area contributed by atoms with E-state index < -0.39 is 16.1 Å². The van der Waals surface area contributed by atoms with Gasteiger partial charge in [-0.15, -0.1) is 0 Å². The Morgan fingerprint density at radius 3 is 2.78 bits per heavy atom. The number of sulfonamides is 1. The first-order valence-corrected chi connectivity index (χ1v) is 13.6. The van der Waals surface area contributed by atoms with Gasteiger partial charge in [-0.1, -0.05) is 31.5 Å². The number of nitrogens with zero attached hydrogens (tertiary/aromatic N) is 5. The van der Waals surface area contributed by atoms with Crippen LogP contribution >= 0.6 is 11.6 Å². The zero-order valence-electron chi connectivity index (χ0n) is 20.3. The molecule has 0 radical (unpaired) electrons. The van der Waals surface area contributed by atoms with E-state index in [-0.39, 0.29) is 30.2 Å². The Morgan fingerprint density at radius 2 is 2.00 bits per heavy atom. The molecule has 2 aromatic heterocycles. The van der Waals surface area contributed by atoms with Crippen LogP contribution in [-0.2, 0) is 21.4 Å². The summed E-state index contributed by atoms with van der Waals surface area (Å²) in [6.07, 6.45) is 1.40. The van der Waals surface area contributed by atoms with Crippen LogP contribution in [0.3, 0.4) is 0 Å². The van der Waals surface area contributed by atoms with E-state index in [1.807, 2.05) is 32.0 Å². The summed E-state index contributed by atoms with van der Waals surface area (Å²) in [5.74, 6) is 0.0881. The number of amides is 1. The van der Waals surface area contributed by atoms with Crippen LogP contribution in [0.4, 0.5) is 5.82 Å². The van der Waals surface area contributed by atoms with Gasteiger partial charge in [-0.25, -0.2) is 23.4 Å². The van der Waals surface area contributed by atoms with Gasteiger partial charge in [-0.05, 0) is 35.9 Å². The third-order valence-corrected chi connectivity index (χ3v) is 8.22. The number of hydrogen-bond acceptors (Lipinski definition) is 8. The molecule has 5 rings (SSSR count). The van der Waals surface area contributed by atoms with Crippen molar-refractivity contribution in [3.63, 3.8) is 0 Å². The number of aromatic nitrogens is 4. The van der Waals surface area contributed by atoms with Gasteiger partial charge in [0, 0.05) is 36.1 Å². The minimum Gasteiger partial charge on any atom is -0.383 e. The number of carbonyl (C=O) groups is 1. The third kappa shape index (κ3) is 5.10. The Hall–Kier alpha value is -3.32. The normalized spacial score (nSPS) is 17.4. The minimum atomic E-state index is -4.05. The summed E-state index contributed by atoms with van der Waals surface area (Å²) in [7, 11) is -4.05. The molecule has 0 bridgehead atoms. The summed E-state index contributed by atoms with van der Waals surface area (Å²) in [6, 6.07) is 10.2. The largest absolute Gasteiger partial charge is 0.383 e. The first-order chi connectivity index (χ1) is 17.6. The average Bonchev–Trinajstić information content (AvgIpc) is 3.28. The molecule has 3 heterocycles. The minimum absolute atomic E-state index is 0.119. The maximum Gasteiger partial charge on any atom is 0.277 e. The molecule has 1 saturated heterocycles. The molecule has 1 aliphatic rings. The molecule has 0 aliphatic carbocycles. The summed E-state index contributed by atoms with van der Waals surface area (Å²) < 4.78 is 28.2. The first-order valence-electron chi connectivity index (χ1n) is 11.8. The maximum atomic E-state index is 13.5. The Kier molecular flexibility index (Phi) is 6.75. The van der Waals surface area contributed by atoms with Crippen LogP contribution < -0.4 is 11.1 Å².